The van der Waals surface area contributed by atoms with Crippen molar-refractivity contribution in [3.63, 3.8) is 0 Å². The molecule has 0 aliphatic carbocycles. The quantitative estimate of drug-likeness (QED) is 0.405. The van der Waals surface area contributed by atoms with E-state index in [0.29, 0.717) is 0 Å². The first kappa shape index (κ1) is 21.3. The van der Waals surface area contributed by atoms with Crippen LogP contribution in [0.3, 0.4) is 0 Å². The van der Waals surface area contributed by atoms with Gasteiger partial charge in [0.1, 0.15) is 11.6 Å². The van der Waals surface area contributed by atoms with Crippen molar-refractivity contribution < 1.29 is 4.74 Å². The Kier molecular flexibility index (Phi) is 8.63. The van der Waals surface area contributed by atoms with Crippen molar-refractivity contribution in [2.75, 3.05) is 51.8 Å². The van der Waals surface area contributed by atoms with Gasteiger partial charge in [-0.15, -0.1) is 24.0 Å². The fourth-order valence-corrected chi connectivity index (χ4v) is 3.17. The summed E-state index contributed by atoms with van der Waals surface area (Å²) in [6.45, 7) is 4.63. The smallest absolute Gasteiger partial charge is 0.193 e. The van der Waals surface area contributed by atoms with Gasteiger partial charge in [-0.2, -0.15) is 0 Å². The number of piperazine rings is 1. The van der Waals surface area contributed by atoms with E-state index in [4.69, 9.17) is 4.74 Å². The van der Waals surface area contributed by atoms with E-state index in [0.717, 1.165) is 56.7 Å². The number of guanidine groups is 1. The number of aromatic nitrogens is 1. The molecule has 3 rings (SSSR count). The van der Waals surface area contributed by atoms with Crippen molar-refractivity contribution in [1.29, 1.82) is 0 Å². The standard InChI is InChI=1S/C20H27N5O.HI/c1-21-20(23-11-9-17-6-5-7-18(16-17)26-2)25-14-12-24(13-15-25)19-8-3-4-10-22-19;/h3-8,10,16H,9,11-15H2,1-2H3,(H,21,23);1H. The Morgan fingerprint density at radius 1 is 1.15 bits per heavy atom. The lowest BCUT2D eigenvalue weighted by molar-refractivity contribution is 0.372. The molecule has 1 N–H and O–H groups in total. The molecule has 6 nitrogen and oxygen atoms in total. The first-order valence-electron chi connectivity index (χ1n) is 9.04. The first-order chi connectivity index (χ1) is 12.8. The van der Waals surface area contributed by atoms with Crippen LogP contribution in [0.4, 0.5) is 5.82 Å². The van der Waals surface area contributed by atoms with Crippen molar-refractivity contribution in [3.05, 3.63) is 54.2 Å². The molecule has 1 aromatic heterocycles. The second-order valence-corrected chi connectivity index (χ2v) is 6.24. The van der Waals surface area contributed by atoms with Crippen molar-refractivity contribution >= 4 is 35.8 Å². The topological polar surface area (TPSA) is 53.0 Å². The van der Waals surface area contributed by atoms with Crippen LogP contribution in [0.15, 0.2) is 53.7 Å². The molecule has 2 aromatic rings. The average molecular weight is 481 g/mol. The van der Waals surface area contributed by atoms with Crippen LogP contribution in [-0.4, -0.2) is 62.7 Å². The molecule has 2 heterocycles. The second kappa shape index (κ2) is 11.0. The molecule has 146 valence electrons. The van der Waals surface area contributed by atoms with E-state index in [9.17, 15) is 0 Å². The van der Waals surface area contributed by atoms with E-state index in [1.54, 1.807) is 7.11 Å². The van der Waals surface area contributed by atoms with E-state index >= 15 is 0 Å². The maximum atomic E-state index is 5.28. The zero-order valence-electron chi connectivity index (χ0n) is 16.0. The van der Waals surface area contributed by atoms with Crippen LogP contribution in [0.5, 0.6) is 5.75 Å². The molecule has 0 saturated carbocycles. The summed E-state index contributed by atoms with van der Waals surface area (Å²) in [7, 11) is 3.54. The number of halogens is 1. The molecule has 0 unspecified atom stereocenters. The lowest BCUT2D eigenvalue weighted by Gasteiger charge is -2.37. The lowest BCUT2D eigenvalue weighted by Crippen LogP contribution is -2.53. The van der Waals surface area contributed by atoms with Crippen LogP contribution in [0.1, 0.15) is 5.56 Å². The molecular weight excluding hydrogens is 453 g/mol. The van der Waals surface area contributed by atoms with Crippen molar-refractivity contribution in [3.8, 4) is 5.75 Å². The SMILES string of the molecule is CN=C(NCCc1cccc(OC)c1)N1CCN(c2ccccn2)CC1.I. The summed E-state index contributed by atoms with van der Waals surface area (Å²) < 4.78 is 5.28. The second-order valence-electron chi connectivity index (χ2n) is 6.24. The molecule has 7 heteroatoms. The predicted molar refractivity (Wildman–Crippen MR) is 121 cm³/mol. The summed E-state index contributed by atoms with van der Waals surface area (Å²) in [6.07, 6.45) is 2.78. The number of rotatable bonds is 5. The molecule has 1 fully saturated rings. The lowest BCUT2D eigenvalue weighted by atomic mass is 10.1. The number of methoxy groups -OCH3 is 1. The summed E-state index contributed by atoms with van der Waals surface area (Å²) in [5.41, 5.74) is 1.26. The third-order valence-corrected chi connectivity index (χ3v) is 4.60. The van der Waals surface area contributed by atoms with Gasteiger partial charge >= 0.3 is 0 Å². The summed E-state index contributed by atoms with van der Waals surface area (Å²) in [4.78, 5) is 13.5. The molecule has 0 atom stereocenters. The number of nitrogens with one attached hydrogen (secondary N) is 1. The minimum absolute atomic E-state index is 0. The maximum Gasteiger partial charge on any atom is 0.193 e. The number of aliphatic imine (C=N–C) groups is 1. The van der Waals surface area contributed by atoms with Gasteiger partial charge in [-0.3, -0.25) is 4.99 Å². The number of benzene rings is 1. The van der Waals surface area contributed by atoms with Crippen LogP contribution in [0, 0.1) is 0 Å². The Morgan fingerprint density at radius 3 is 2.63 bits per heavy atom. The Hall–Kier alpha value is -2.03. The molecule has 0 amide bonds. The zero-order chi connectivity index (χ0) is 18.2. The highest BCUT2D eigenvalue weighted by molar-refractivity contribution is 14.0. The van der Waals surface area contributed by atoms with E-state index < -0.39 is 0 Å². The normalized spacial score (nSPS) is 14.5. The monoisotopic (exact) mass is 481 g/mol. The molecule has 0 bridgehead atoms. The highest BCUT2D eigenvalue weighted by Gasteiger charge is 2.20. The van der Waals surface area contributed by atoms with Crippen LogP contribution in [0.2, 0.25) is 0 Å². The Morgan fingerprint density at radius 2 is 1.96 bits per heavy atom. The van der Waals surface area contributed by atoms with Gasteiger partial charge in [0, 0.05) is 46.0 Å². The highest BCUT2D eigenvalue weighted by Crippen LogP contribution is 2.14. The molecular formula is C20H28IN5O. The van der Waals surface area contributed by atoms with Gasteiger partial charge in [-0.05, 0) is 36.2 Å². The summed E-state index contributed by atoms with van der Waals surface area (Å²) in [5, 5.41) is 3.48. The Labute approximate surface area is 178 Å². The van der Waals surface area contributed by atoms with Crippen LogP contribution < -0.4 is 15.0 Å². The first-order valence-corrected chi connectivity index (χ1v) is 9.04. The van der Waals surface area contributed by atoms with Gasteiger partial charge in [-0.25, -0.2) is 4.98 Å². The number of pyridine rings is 1. The van der Waals surface area contributed by atoms with E-state index in [-0.39, 0.29) is 24.0 Å². The van der Waals surface area contributed by atoms with Crippen LogP contribution >= 0.6 is 24.0 Å². The Balaban J connectivity index is 0.00000261. The molecule has 0 radical (unpaired) electrons. The third kappa shape index (κ3) is 5.98. The van der Waals surface area contributed by atoms with Crippen LogP contribution in [-0.2, 0) is 6.42 Å². The summed E-state index contributed by atoms with van der Waals surface area (Å²) >= 11 is 0. The van der Waals surface area contributed by atoms with Crippen molar-refractivity contribution in [2.45, 2.75) is 6.42 Å². The minimum Gasteiger partial charge on any atom is -0.497 e. The third-order valence-electron chi connectivity index (χ3n) is 4.60. The number of nitrogens with zero attached hydrogens (tertiary/aromatic N) is 4. The maximum absolute atomic E-state index is 5.28. The van der Waals surface area contributed by atoms with Gasteiger partial charge in [0.25, 0.3) is 0 Å². The fourth-order valence-electron chi connectivity index (χ4n) is 3.17. The largest absolute Gasteiger partial charge is 0.497 e. The van der Waals surface area contributed by atoms with Gasteiger partial charge in [-0.1, -0.05) is 18.2 Å². The molecule has 1 aliphatic rings. The molecule has 27 heavy (non-hydrogen) atoms. The number of anilines is 1. The van der Waals surface area contributed by atoms with Crippen LogP contribution in [0.25, 0.3) is 0 Å². The molecule has 1 saturated heterocycles. The number of ether oxygens (including phenoxy) is 1. The molecule has 1 aromatic carbocycles. The highest BCUT2D eigenvalue weighted by atomic mass is 127. The van der Waals surface area contributed by atoms with Gasteiger partial charge < -0.3 is 19.9 Å². The van der Waals surface area contributed by atoms with E-state index in [1.807, 2.05) is 37.5 Å². The number of hydrogen-bond donors (Lipinski definition) is 1. The summed E-state index contributed by atoms with van der Waals surface area (Å²) in [5.74, 6) is 2.92. The molecule has 0 spiro atoms. The molecule has 1 aliphatic heterocycles. The van der Waals surface area contributed by atoms with E-state index in [2.05, 4.69) is 43.3 Å². The van der Waals surface area contributed by atoms with Crippen molar-refractivity contribution in [1.82, 2.24) is 15.2 Å². The van der Waals surface area contributed by atoms with Gasteiger partial charge in [0.05, 0.1) is 7.11 Å². The number of hydrogen-bond acceptors (Lipinski definition) is 4. The van der Waals surface area contributed by atoms with Gasteiger partial charge in [0.15, 0.2) is 5.96 Å². The van der Waals surface area contributed by atoms with Gasteiger partial charge in [0.2, 0.25) is 0 Å². The minimum atomic E-state index is 0. The predicted octanol–water partition coefficient (Wildman–Crippen LogP) is 2.65. The Bertz CT molecular complexity index is 717. The zero-order valence-corrected chi connectivity index (χ0v) is 18.3. The van der Waals surface area contributed by atoms with Crippen molar-refractivity contribution in [2.24, 2.45) is 4.99 Å². The van der Waals surface area contributed by atoms with E-state index in [1.165, 1.54) is 5.56 Å². The average Bonchev–Trinajstić information content (AvgIpc) is 2.72. The summed E-state index contributed by atoms with van der Waals surface area (Å²) in [6, 6.07) is 14.3. The fraction of sp³-hybridized carbons (Fsp3) is 0.400.